The summed E-state index contributed by atoms with van der Waals surface area (Å²) in [5.41, 5.74) is -0.555. The second-order valence-electron chi connectivity index (χ2n) is 6.49. The van der Waals surface area contributed by atoms with E-state index in [9.17, 15) is 0 Å². The molecule has 0 saturated carbocycles. The minimum atomic E-state index is -0.282. The molecule has 1 spiro atoms. The molecule has 2 aliphatic heterocycles. The van der Waals surface area contributed by atoms with Gasteiger partial charge in [0.1, 0.15) is 12.2 Å². The summed E-state index contributed by atoms with van der Waals surface area (Å²) in [5.74, 6) is 1.19. The van der Waals surface area contributed by atoms with E-state index in [1.165, 1.54) is 0 Å². The van der Waals surface area contributed by atoms with Gasteiger partial charge in [0.05, 0.1) is 37.8 Å². The summed E-state index contributed by atoms with van der Waals surface area (Å²) in [6, 6.07) is 0. The van der Waals surface area contributed by atoms with Crippen molar-refractivity contribution >= 4 is 5.82 Å². The Hall–Kier alpha value is -1.44. The molecular weight excluding hydrogens is 286 g/mol. The van der Waals surface area contributed by atoms with Crippen molar-refractivity contribution in [1.29, 1.82) is 0 Å². The van der Waals surface area contributed by atoms with E-state index in [0.29, 0.717) is 12.5 Å². The first-order valence-electron chi connectivity index (χ1n) is 7.61. The lowest BCUT2D eigenvalue weighted by Gasteiger charge is -2.48. The zero-order chi connectivity index (χ0) is 15.6. The summed E-state index contributed by atoms with van der Waals surface area (Å²) in [7, 11) is 0. The average Bonchev–Trinajstić information content (AvgIpc) is 2.91. The third kappa shape index (κ3) is 3.31. The zero-order valence-corrected chi connectivity index (χ0v) is 13.1. The third-order valence-electron chi connectivity index (χ3n) is 3.88. The molecule has 2 saturated heterocycles. The molecule has 1 atom stereocenters. The number of aliphatic hydroxyl groups is 1. The van der Waals surface area contributed by atoms with Gasteiger partial charge in [-0.3, -0.25) is 4.98 Å². The fraction of sp³-hybridized carbons (Fsp3) is 0.733. The topological polar surface area (TPSA) is 76.9 Å². The van der Waals surface area contributed by atoms with Gasteiger partial charge in [0.15, 0.2) is 5.82 Å². The number of nitrogens with zero attached hydrogens (tertiary/aromatic N) is 3. The second-order valence-corrected chi connectivity index (χ2v) is 6.49. The van der Waals surface area contributed by atoms with Crippen molar-refractivity contribution in [3.63, 3.8) is 0 Å². The average molecular weight is 309 g/mol. The minimum Gasteiger partial charge on any atom is -0.474 e. The summed E-state index contributed by atoms with van der Waals surface area (Å²) in [4.78, 5) is 10.9. The van der Waals surface area contributed by atoms with Crippen molar-refractivity contribution in [2.45, 2.75) is 31.5 Å². The first kappa shape index (κ1) is 15.5. The standard InChI is InChI=1S/C15H23N3O4/c1-14(2)9-18(10-15(22-14)3-5-20-11-15)12-7-16-8-13(17-12)21-6-4-19/h7-8,19H,3-6,9-11H2,1-2H3. The van der Waals surface area contributed by atoms with Crippen molar-refractivity contribution in [1.82, 2.24) is 9.97 Å². The maximum Gasteiger partial charge on any atom is 0.234 e. The van der Waals surface area contributed by atoms with E-state index in [4.69, 9.17) is 19.3 Å². The van der Waals surface area contributed by atoms with E-state index >= 15 is 0 Å². The van der Waals surface area contributed by atoms with Crippen LogP contribution in [0, 0.1) is 0 Å². The van der Waals surface area contributed by atoms with Gasteiger partial charge in [0.2, 0.25) is 5.88 Å². The van der Waals surface area contributed by atoms with Gasteiger partial charge in [0, 0.05) is 19.6 Å². The molecule has 2 fully saturated rings. The number of aromatic nitrogens is 2. The highest BCUT2D eigenvalue weighted by Gasteiger charge is 2.47. The highest BCUT2D eigenvalue weighted by molar-refractivity contribution is 5.40. The van der Waals surface area contributed by atoms with Crippen LogP contribution in [0.1, 0.15) is 20.3 Å². The lowest BCUT2D eigenvalue weighted by Crippen LogP contribution is -2.60. The molecule has 1 N–H and O–H groups in total. The Balaban J connectivity index is 1.80. The first-order valence-corrected chi connectivity index (χ1v) is 7.61. The van der Waals surface area contributed by atoms with Crippen LogP contribution < -0.4 is 9.64 Å². The van der Waals surface area contributed by atoms with E-state index < -0.39 is 0 Å². The van der Waals surface area contributed by atoms with Crippen LogP contribution in [0.2, 0.25) is 0 Å². The maximum absolute atomic E-state index is 8.84. The molecule has 3 heterocycles. The van der Waals surface area contributed by atoms with Crippen molar-refractivity contribution in [2.24, 2.45) is 0 Å². The van der Waals surface area contributed by atoms with Gasteiger partial charge in [0.25, 0.3) is 0 Å². The second kappa shape index (κ2) is 5.98. The van der Waals surface area contributed by atoms with Gasteiger partial charge < -0.3 is 24.2 Å². The quantitative estimate of drug-likeness (QED) is 0.873. The Bertz CT molecular complexity index is 517. The molecule has 0 amide bonds. The molecule has 1 aromatic heterocycles. The summed E-state index contributed by atoms with van der Waals surface area (Å²) in [6.07, 6.45) is 4.18. The highest BCUT2D eigenvalue weighted by atomic mass is 16.6. The van der Waals surface area contributed by atoms with E-state index in [2.05, 4.69) is 28.7 Å². The molecular formula is C15H23N3O4. The lowest BCUT2D eigenvalue weighted by atomic mass is 9.95. The summed E-state index contributed by atoms with van der Waals surface area (Å²) in [6.45, 7) is 7.14. The molecule has 2 aliphatic rings. The normalized spacial score (nSPS) is 27.3. The lowest BCUT2D eigenvalue weighted by molar-refractivity contribution is -0.151. The zero-order valence-electron chi connectivity index (χ0n) is 13.1. The Morgan fingerprint density at radius 1 is 1.36 bits per heavy atom. The van der Waals surface area contributed by atoms with Crippen molar-refractivity contribution < 1.29 is 19.3 Å². The number of ether oxygens (including phenoxy) is 3. The molecule has 1 aromatic rings. The van der Waals surface area contributed by atoms with Gasteiger partial charge in [-0.15, -0.1) is 0 Å². The smallest absolute Gasteiger partial charge is 0.234 e. The van der Waals surface area contributed by atoms with Crippen LogP contribution in [0.3, 0.4) is 0 Å². The molecule has 0 aliphatic carbocycles. The Labute approximate surface area is 130 Å². The largest absolute Gasteiger partial charge is 0.474 e. The molecule has 0 bridgehead atoms. The summed E-state index contributed by atoms with van der Waals surface area (Å²) < 4.78 is 17.2. The van der Waals surface area contributed by atoms with Gasteiger partial charge >= 0.3 is 0 Å². The highest BCUT2D eigenvalue weighted by Crippen LogP contribution is 2.36. The monoisotopic (exact) mass is 309 g/mol. The van der Waals surface area contributed by atoms with E-state index in [1.807, 2.05) is 0 Å². The van der Waals surface area contributed by atoms with Crippen molar-refractivity contribution in [3.8, 4) is 5.88 Å². The van der Waals surface area contributed by atoms with Crippen molar-refractivity contribution in [3.05, 3.63) is 12.4 Å². The SMILES string of the molecule is CC1(C)CN(c2cncc(OCCO)n2)CC2(CCOC2)O1. The molecule has 7 heteroatoms. The number of morpholine rings is 1. The van der Waals surface area contributed by atoms with Crippen LogP contribution in [-0.4, -0.2) is 65.8 Å². The minimum absolute atomic E-state index is 0.0447. The van der Waals surface area contributed by atoms with Crippen LogP contribution in [-0.2, 0) is 9.47 Å². The number of rotatable bonds is 4. The fourth-order valence-corrected chi connectivity index (χ4v) is 3.18. The molecule has 0 aromatic carbocycles. The van der Waals surface area contributed by atoms with E-state index in [1.54, 1.807) is 12.4 Å². The Kier molecular flexibility index (Phi) is 4.20. The Morgan fingerprint density at radius 2 is 2.23 bits per heavy atom. The first-order chi connectivity index (χ1) is 10.5. The molecule has 3 rings (SSSR count). The predicted molar refractivity (Wildman–Crippen MR) is 80.2 cm³/mol. The van der Waals surface area contributed by atoms with Gasteiger partial charge in [-0.25, -0.2) is 0 Å². The summed E-state index contributed by atoms with van der Waals surface area (Å²) in [5, 5.41) is 8.84. The predicted octanol–water partition coefficient (Wildman–Crippen LogP) is 0.622. The van der Waals surface area contributed by atoms with Crippen molar-refractivity contribution in [2.75, 3.05) is 44.4 Å². The van der Waals surface area contributed by atoms with Crippen LogP contribution in [0.5, 0.6) is 5.88 Å². The maximum atomic E-state index is 8.84. The van der Waals surface area contributed by atoms with E-state index in [-0.39, 0.29) is 24.4 Å². The molecule has 122 valence electrons. The number of aliphatic hydroxyl groups excluding tert-OH is 1. The molecule has 7 nitrogen and oxygen atoms in total. The molecule has 0 radical (unpaired) electrons. The van der Waals surface area contributed by atoms with Gasteiger partial charge in [-0.05, 0) is 13.8 Å². The van der Waals surface area contributed by atoms with Gasteiger partial charge in [-0.2, -0.15) is 4.98 Å². The third-order valence-corrected chi connectivity index (χ3v) is 3.88. The van der Waals surface area contributed by atoms with Crippen LogP contribution in [0.4, 0.5) is 5.82 Å². The number of anilines is 1. The van der Waals surface area contributed by atoms with Crippen LogP contribution >= 0.6 is 0 Å². The number of hydrogen-bond acceptors (Lipinski definition) is 7. The molecule has 1 unspecified atom stereocenters. The van der Waals surface area contributed by atoms with E-state index in [0.717, 1.165) is 31.9 Å². The summed E-state index contributed by atoms with van der Waals surface area (Å²) >= 11 is 0. The van der Waals surface area contributed by atoms with Crippen LogP contribution in [0.15, 0.2) is 12.4 Å². The molecule has 22 heavy (non-hydrogen) atoms. The number of hydrogen-bond donors (Lipinski definition) is 1. The Morgan fingerprint density at radius 3 is 2.95 bits per heavy atom. The van der Waals surface area contributed by atoms with Crippen LogP contribution in [0.25, 0.3) is 0 Å². The van der Waals surface area contributed by atoms with Gasteiger partial charge in [-0.1, -0.05) is 0 Å². The fourth-order valence-electron chi connectivity index (χ4n) is 3.18.